The minimum absolute atomic E-state index is 0.781. The van der Waals surface area contributed by atoms with Gasteiger partial charge in [-0.3, -0.25) is 0 Å². The first-order chi connectivity index (χ1) is 4.81. The highest BCUT2D eigenvalue weighted by Gasteiger charge is 2.42. The number of likely N-dealkylation sites (tertiary alicyclic amines) is 1. The van der Waals surface area contributed by atoms with Crippen molar-refractivity contribution < 1.29 is 0 Å². The molecule has 0 aromatic carbocycles. The summed E-state index contributed by atoms with van der Waals surface area (Å²) in [4.78, 5) is 2.50. The third kappa shape index (κ3) is 0.789. The molecule has 2 bridgehead atoms. The quantitative estimate of drug-likeness (QED) is 0.563. The van der Waals surface area contributed by atoms with Gasteiger partial charge >= 0.3 is 0 Å². The Morgan fingerprint density at radius 3 is 2.60 bits per heavy atom. The van der Waals surface area contributed by atoms with Crippen LogP contribution in [0.4, 0.5) is 0 Å². The number of piperidine rings is 1. The van der Waals surface area contributed by atoms with Crippen molar-refractivity contribution in [3.63, 3.8) is 0 Å². The van der Waals surface area contributed by atoms with Crippen LogP contribution in [0.3, 0.4) is 0 Å². The molecule has 1 aliphatic carbocycles. The predicted molar refractivity (Wildman–Crippen MR) is 42.0 cm³/mol. The van der Waals surface area contributed by atoms with Crippen LogP contribution < -0.4 is 5.32 Å². The molecule has 2 fully saturated rings. The van der Waals surface area contributed by atoms with Crippen LogP contribution in [0.1, 0.15) is 12.8 Å². The first-order valence-electron chi connectivity index (χ1n) is 4.18. The van der Waals surface area contributed by atoms with E-state index in [2.05, 4.69) is 24.3 Å². The highest BCUT2D eigenvalue weighted by molar-refractivity contribution is 4.99. The molecule has 3 atom stereocenters. The Hall–Kier alpha value is -0.0800. The molecule has 0 aromatic rings. The van der Waals surface area contributed by atoms with Gasteiger partial charge in [-0.15, -0.1) is 0 Å². The van der Waals surface area contributed by atoms with Crippen molar-refractivity contribution in [2.75, 3.05) is 20.6 Å². The molecule has 1 saturated carbocycles. The van der Waals surface area contributed by atoms with Gasteiger partial charge in [0.15, 0.2) is 0 Å². The molecule has 1 saturated heterocycles. The zero-order valence-electron chi connectivity index (χ0n) is 6.80. The van der Waals surface area contributed by atoms with Crippen LogP contribution in [0, 0.1) is 5.92 Å². The molecule has 2 nitrogen and oxygen atoms in total. The number of rotatable bonds is 1. The first kappa shape index (κ1) is 6.62. The summed E-state index contributed by atoms with van der Waals surface area (Å²) in [5.74, 6) is 0.993. The van der Waals surface area contributed by atoms with Gasteiger partial charge in [-0.05, 0) is 32.9 Å². The molecule has 10 heavy (non-hydrogen) atoms. The van der Waals surface area contributed by atoms with E-state index < -0.39 is 0 Å². The second-order valence-electron chi connectivity index (χ2n) is 3.74. The van der Waals surface area contributed by atoms with Crippen molar-refractivity contribution in [3.05, 3.63) is 0 Å². The molecule has 0 aromatic heterocycles. The fourth-order valence-electron chi connectivity index (χ4n) is 2.61. The number of hydrogen-bond acceptors (Lipinski definition) is 2. The number of nitrogens with one attached hydrogen (secondary N) is 1. The van der Waals surface area contributed by atoms with Crippen molar-refractivity contribution in [2.45, 2.75) is 24.9 Å². The Morgan fingerprint density at radius 2 is 2.20 bits per heavy atom. The smallest absolute Gasteiger partial charge is 0.0249 e. The average molecular weight is 140 g/mol. The molecule has 1 aliphatic heterocycles. The van der Waals surface area contributed by atoms with Crippen LogP contribution in [-0.4, -0.2) is 37.6 Å². The van der Waals surface area contributed by atoms with Gasteiger partial charge in [0.25, 0.3) is 0 Å². The van der Waals surface area contributed by atoms with E-state index in [0.29, 0.717) is 0 Å². The van der Waals surface area contributed by atoms with Crippen molar-refractivity contribution in [3.8, 4) is 0 Å². The number of hydrogen-bond donors (Lipinski definition) is 1. The lowest BCUT2D eigenvalue weighted by Gasteiger charge is -2.29. The van der Waals surface area contributed by atoms with Crippen LogP contribution in [0.25, 0.3) is 0 Å². The average Bonchev–Trinajstić information content (AvgIpc) is 2.44. The molecule has 0 radical (unpaired) electrons. The maximum Gasteiger partial charge on any atom is 0.0249 e. The zero-order valence-corrected chi connectivity index (χ0v) is 6.80. The summed E-state index contributed by atoms with van der Waals surface area (Å²) >= 11 is 0. The second-order valence-corrected chi connectivity index (χ2v) is 3.74. The fraction of sp³-hybridized carbons (Fsp3) is 1.00. The summed E-state index contributed by atoms with van der Waals surface area (Å²) in [5.41, 5.74) is 0. The summed E-state index contributed by atoms with van der Waals surface area (Å²) in [6.45, 7) is 1.34. The maximum atomic E-state index is 3.38. The number of fused-ring (bicyclic) bond motifs is 2. The van der Waals surface area contributed by atoms with Crippen LogP contribution >= 0.6 is 0 Å². The van der Waals surface area contributed by atoms with Crippen molar-refractivity contribution in [2.24, 2.45) is 5.92 Å². The third-order valence-electron chi connectivity index (χ3n) is 3.11. The highest BCUT2D eigenvalue weighted by Crippen LogP contribution is 2.36. The summed E-state index contributed by atoms with van der Waals surface area (Å²) in [6.07, 6.45) is 2.84. The van der Waals surface area contributed by atoms with Crippen LogP contribution in [-0.2, 0) is 0 Å². The molecule has 1 heterocycles. The van der Waals surface area contributed by atoms with E-state index in [1.54, 1.807) is 0 Å². The lowest BCUT2D eigenvalue weighted by molar-refractivity contribution is 0.217. The largest absolute Gasteiger partial charge is 0.315 e. The molecule has 1 unspecified atom stereocenters. The normalized spacial score (nSPS) is 46.8. The lowest BCUT2D eigenvalue weighted by atomic mass is 10.1. The van der Waals surface area contributed by atoms with Gasteiger partial charge in [-0.2, -0.15) is 0 Å². The Bertz CT molecular complexity index is 133. The standard InChI is InChI=1S/C8H16N2/c1-9-7-3-6-4-8(7)10(2)5-6/h6-9H,3-5H2,1-2H3/t6-,7?,8-/m1/s1. The molecule has 2 rings (SSSR count). The Morgan fingerprint density at radius 1 is 1.40 bits per heavy atom. The third-order valence-corrected chi connectivity index (χ3v) is 3.11. The van der Waals surface area contributed by atoms with Gasteiger partial charge in [0.05, 0.1) is 0 Å². The summed E-state index contributed by atoms with van der Waals surface area (Å²) in [5, 5.41) is 3.38. The van der Waals surface area contributed by atoms with Gasteiger partial charge in [0.1, 0.15) is 0 Å². The van der Waals surface area contributed by atoms with Crippen LogP contribution in [0.2, 0.25) is 0 Å². The number of likely N-dealkylation sites (N-methyl/N-ethyl adjacent to an activating group) is 2. The molecule has 1 N–H and O–H groups in total. The molecule has 58 valence electrons. The topological polar surface area (TPSA) is 15.3 Å². The van der Waals surface area contributed by atoms with E-state index in [0.717, 1.165) is 18.0 Å². The monoisotopic (exact) mass is 140 g/mol. The van der Waals surface area contributed by atoms with Gasteiger partial charge < -0.3 is 10.2 Å². The minimum Gasteiger partial charge on any atom is -0.315 e. The maximum absolute atomic E-state index is 3.38. The lowest BCUT2D eigenvalue weighted by Crippen LogP contribution is -2.44. The van der Waals surface area contributed by atoms with E-state index in [9.17, 15) is 0 Å². The van der Waals surface area contributed by atoms with Crippen molar-refractivity contribution in [1.29, 1.82) is 0 Å². The van der Waals surface area contributed by atoms with E-state index in [-0.39, 0.29) is 0 Å². The highest BCUT2D eigenvalue weighted by atomic mass is 15.2. The molecule has 0 spiro atoms. The fourth-order valence-corrected chi connectivity index (χ4v) is 2.61. The van der Waals surface area contributed by atoms with Crippen molar-refractivity contribution >= 4 is 0 Å². The summed E-state index contributed by atoms with van der Waals surface area (Å²) in [6, 6.07) is 1.62. The molecular formula is C8H16N2. The molecule has 0 amide bonds. The SMILES string of the molecule is CNC1C[C@@H]2C[C@H]1N(C)C2. The Kier molecular flexibility index (Phi) is 1.46. The predicted octanol–water partition coefficient (Wildman–Crippen LogP) is 0.298. The van der Waals surface area contributed by atoms with Crippen LogP contribution in [0.15, 0.2) is 0 Å². The van der Waals surface area contributed by atoms with Gasteiger partial charge in [0, 0.05) is 18.6 Å². The van der Waals surface area contributed by atoms with E-state index in [1.807, 2.05) is 0 Å². The van der Waals surface area contributed by atoms with E-state index >= 15 is 0 Å². The number of nitrogens with zero attached hydrogens (tertiary/aromatic N) is 1. The van der Waals surface area contributed by atoms with E-state index in [1.165, 1.54) is 19.4 Å². The van der Waals surface area contributed by atoms with Gasteiger partial charge in [-0.1, -0.05) is 0 Å². The van der Waals surface area contributed by atoms with Crippen LogP contribution in [0.5, 0.6) is 0 Å². The summed E-state index contributed by atoms with van der Waals surface area (Å²) < 4.78 is 0. The Labute approximate surface area is 62.6 Å². The van der Waals surface area contributed by atoms with E-state index in [4.69, 9.17) is 0 Å². The molecular weight excluding hydrogens is 124 g/mol. The first-order valence-corrected chi connectivity index (χ1v) is 4.18. The zero-order chi connectivity index (χ0) is 7.14. The van der Waals surface area contributed by atoms with Gasteiger partial charge in [0.2, 0.25) is 0 Å². The van der Waals surface area contributed by atoms with Crippen molar-refractivity contribution in [1.82, 2.24) is 10.2 Å². The second kappa shape index (κ2) is 2.21. The Balaban J connectivity index is 2.06. The summed E-state index contributed by atoms with van der Waals surface area (Å²) in [7, 11) is 4.33. The molecule has 2 aliphatic rings. The van der Waals surface area contributed by atoms with Gasteiger partial charge in [-0.25, -0.2) is 0 Å². The minimum atomic E-state index is 0.781. The molecule has 2 heteroatoms.